The Morgan fingerprint density at radius 1 is 1.44 bits per heavy atom. The fraction of sp³-hybridized carbons (Fsp3) is 0.364. The number of nitrogens with one attached hydrogen (secondary N) is 1. The first kappa shape index (κ1) is 10.9. The van der Waals surface area contributed by atoms with E-state index in [-0.39, 0.29) is 11.6 Å². The minimum Gasteiger partial charge on any atom is -0.383 e. The molecule has 0 radical (unpaired) electrons. The third kappa shape index (κ3) is 1.85. The molecule has 1 aromatic rings. The molecule has 0 fully saturated rings. The molecule has 2 rings (SSSR count). The molecule has 1 amide bonds. The number of fused-ring (bicyclic) bond motifs is 1. The molecule has 0 unspecified atom stereocenters. The van der Waals surface area contributed by atoms with Crippen LogP contribution in [0.3, 0.4) is 0 Å². The molecule has 1 aromatic carbocycles. The van der Waals surface area contributed by atoms with Gasteiger partial charge in [0.25, 0.3) is 0 Å². The summed E-state index contributed by atoms with van der Waals surface area (Å²) in [5, 5.41) is 2.92. The van der Waals surface area contributed by atoms with Gasteiger partial charge in [-0.15, -0.1) is 0 Å². The lowest BCUT2D eigenvalue weighted by molar-refractivity contribution is -0.116. The average Bonchev–Trinajstić information content (AvgIpc) is 2.39. The summed E-state index contributed by atoms with van der Waals surface area (Å²) in [6, 6.07) is 2.00. The van der Waals surface area contributed by atoms with Crippen molar-refractivity contribution < 1.29 is 13.6 Å². The first-order valence-corrected chi connectivity index (χ1v) is 5.10. The number of nitrogens with zero attached hydrogens (tertiary/aromatic N) is 1. The lowest BCUT2D eigenvalue weighted by Crippen LogP contribution is -2.29. The van der Waals surface area contributed by atoms with Gasteiger partial charge in [0.1, 0.15) is 11.5 Å². The number of hydrogen-bond acceptors (Lipinski definition) is 2. The van der Waals surface area contributed by atoms with Crippen molar-refractivity contribution in [2.45, 2.75) is 13.3 Å². The van der Waals surface area contributed by atoms with Gasteiger partial charge in [0.05, 0.1) is 5.69 Å². The summed E-state index contributed by atoms with van der Waals surface area (Å²) < 4.78 is 26.7. The van der Waals surface area contributed by atoms with Crippen molar-refractivity contribution in [2.75, 3.05) is 23.3 Å². The Balaban J connectivity index is 2.56. The molecular formula is C11H12F2N2O. The van der Waals surface area contributed by atoms with Gasteiger partial charge in [0.15, 0.2) is 5.82 Å². The monoisotopic (exact) mass is 226 g/mol. The SMILES string of the molecule is CC(=O)N1CCCNc2cc(F)cc(F)c21. The fourth-order valence-corrected chi connectivity index (χ4v) is 1.86. The van der Waals surface area contributed by atoms with Crippen LogP contribution in [0.25, 0.3) is 0 Å². The van der Waals surface area contributed by atoms with Gasteiger partial charge >= 0.3 is 0 Å². The van der Waals surface area contributed by atoms with Crippen molar-refractivity contribution in [2.24, 2.45) is 0 Å². The van der Waals surface area contributed by atoms with E-state index in [0.717, 1.165) is 6.07 Å². The standard InChI is InChI=1S/C11H12F2N2O/c1-7(16)15-4-2-3-14-10-6-8(12)5-9(13)11(10)15/h5-6,14H,2-4H2,1H3. The van der Waals surface area contributed by atoms with Crippen LogP contribution in [-0.4, -0.2) is 19.0 Å². The molecule has 86 valence electrons. The van der Waals surface area contributed by atoms with Crippen LogP contribution in [0.15, 0.2) is 12.1 Å². The molecule has 0 bridgehead atoms. The van der Waals surface area contributed by atoms with Gasteiger partial charge in [-0.2, -0.15) is 0 Å². The number of halogens is 2. The quantitative estimate of drug-likeness (QED) is 0.735. The van der Waals surface area contributed by atoms with E-state index in [9.17, 15) is 13.6 Å². The molecule has 1 N–H and O–H groups in total. The Morgan fingerprint density at radius 2 is 2.19 bits per heavy atom. The van der Waals surface area contributed by atoms with Crippen LogP contribution in [0.5, 0.6) is 0 Å². The van der Waals surface area contributed by atoms with Crippen molar-refractivity contribution >= 4 is 17.3 Å². The molecule has 0 atom stereocenters. The molecule has 5 heteroatoms. The van der Waals surface area contributed by atoms with Gasteiger partial charge in [-0.05, 0) is 12.5 Å². The average molecular weight is 226 g/mol. The maximum absolute atomic E-state index is 13.6. The molecule has 0 saturated carbocycles. The van der Waals surface area contributed by atoms with Gasteiger partial charge in [-0.1, -0.05) is 0 Å². The molecule has 0 spiro atoms. The molecule has 16 heavy (non-hydrogen) atoms. The number of benzene rings is 1. The molecule has 1 heterocycles. The molecule has 0 aromatic heterocycles. The number of amides is 1. The summed E-state index contributed by atoms with van der Waals surface area (Å²) in [5.41, 5.74) is 0.483. The second-order valence-electron chi connectivity index (χ2n) is 3.73. The summed E-state index contributed by atoms with van der Waals surface area (Å²) in [7, 11) is 0. The second-order valence-corrected chi connectivity index (χ2v) is 3.73. The van der Waals surface area contributed by atoms with Crippen LogP contribution in [0.1, 0.15) is 13.3 Å². The second kappa shape index (κ2) is 4.08. The zero-order valence-electron chi connectivity index (χ0n) is 8.89. The predicted octanol–water partition coefficient (Wildman–Crippen LogP) is 2.13. The molecule has 1 aliphatic heterocycles. The van der Waals surface area contributed by atoms with Crippen LogP contribution in [0.4, 0.5) is 20.2 Å². The molecule has 0 saturated heterocycles. The van der Waals surface area contributed by atoms with E-state index in [4.69, 9.17) is 0 Å². The van der Waals surface area contributed by atoms with Crippen LogP contribution < -0.4 is 10.2 Å². The largest absolute Gasteiger partial charge is 0.383 e. The Kier molecular flexibility index (Phi) is 2.77. The first-order valence-electron chi connectivity index (χ1n) is 5.10. The van der Waals surface area contributed by atoms with Gasteiger partial charge in [0.2, 0.25) is 5.91 Å². The van der Waals surface area contributed by atoms with E-state index in [2.05, 4.69) is 5.32 Å². The minimum atomic E-state index is -0.709. The van der Waals surface area contributed by atoms with E-state index < -0.39 is 11.6 Å². The zero-order valence-corrected chi connectivity index (χ0v) is 8.89. The highest BCUT2D eigenvalue weighted by molar-refractivity contribution is 5.95. The van der Waals surface area contributed by atoms with E-state index in [1.165, 1.54) is 17.9 Å². The Labute approximate surface area is 92.1 Å². The Morgan fingerprint density at radius 3 is 2.88 bits per heavy atom. The molecule has 0 aliphatic carbocycles. The predicted molar refractivity (Wildman–Crippen MR) is 57.5 cm³/mol. The third-order valence-corrected chi connectivity index (χ3v) is 2.55. The Hall–Kier alpha value is -1.65. The van der Waals surface area contributed by atoms with Gasteiger partial charge in [0, 0.05) is 26.1 Å². The van der Waals surface area contributed by atoms with Crippen LogP contribution >= 0.6 is 0 Å². The highest BCUT2D eigenvalue weighted by atomic mass is 19.1. The summed E-state index contributed by atoms with van der Waals surface area (Å²) in [4.78, 5) is 12.7. The number of hydrogen-bond donors (Lipinski definition) is 1. The summed E-state index contributed by atoms with van der Waals surface area (Å²) in [6.07, 6.45) is 0.704. The molecule has 3 nitrogen and oxygen atoms in total. The van der Waals surface area contributed by atoms with Gasteiger partial charge in [-0.25, -0.2) is 8.78 Å². The lowest BCUT2D eigenvalue weighted by atomic mass is 10.2. The maximum Gasteiger partial charge on any atom is 0.224 e. The number of anilines is 2. The third-order valence-electron chi connectivity index (χ3n) is 2.55. The lowest BCUT2D eigenvalue weighted by Gasteiger charge is -2.21. The van der Waals surface area contributed by atoms with Crippen LogP contribution in [-0.2, 0) is 4.79 Å². The van der Waals surface area contributed by atoms with Crippen molar-refractivity contribution in [3.05, 3.63) is 23.8 Å². The number of carbonyl (C=O) groups excluding carboxylic acids is 1. The van der Waals surface area contributed by atoms with Crippen molar-refractivity contribution in [3.8, 4) is 0 Å². The van der Waals surface area contributed by atoms with Crippen molar-refractivity contribution in [3.63, 3.8) is 0 Å². The van der Waals surface area contributed by atoms with Gasteiger partial charge in [-0.3, -0.25) is 4.79 Å². The van der Waals surface area contributed by atoms with Crippen LogP contribution in [0.2, 0.25) is 0 Å². The first-order chi connectivity index (χ1) is 7.59. The summed E-state index contributed by atoms with van der Waals surface area (Å²) in [6.45, 7) is 2.41. The Bertz CT molecular complexity index is 434. The van der Waals surface area contributed by atoms with E-state index in [1.54, 1.807) is 0 Å². The minimum absolute atomic E-state index is 0.145. The van der Waals surface area contributed by atoms with E-state index in [1.807, 2.05) is 0 Å². The summed E-state index contributed by atoms with van der Waals surface area (Å²) in [5.74, 6) is -1.59. The fourth-order valence-electron chi connectivity index (χ4n) is 1.86. The molecular weight excluding hydrogens is 214 g/mol. The van der Waals surface area contributed by atoms with Crippen molar-refractivity contribution in [1.29, 1.82) is 0 Å². The van der Waals surface area contributed by atoms with Crippen LogP contribution in [0, 0.1) is 11.6 Å². The number of carbonyl (C=O) groups is 1. The maximum atomic E-state index is 13.6. The highest BCUT2D eigenvalue weighted by Gasteiger charge is 2.22. The zero-order chi connectivity index (χ0) is 11.7. The molecule has 1 aliphatic rings. The summed E-state index contributed by atoms with van der Waals surface area (Å²) >= 11 is 0. The number of rotatable bonds is 0. The highest BCUT2D eigenvalue weighted by Crippen LogP contribution is 2.32. The van der Waals surface area contributed by atoms with E-state index >= 15 is 0 Å². The topological polar surface area (TPSA) is 32.3 Å². The van der Waals surface area contributed by atoms with Crippen molar-refractivity contribution in [1.82, 2.24) is 0 Å². The van der Waals surface area contributed by atoms with E-state index in [0.29, 0.717) is 25.2 Å². The normalized spacial score (nSPS) is 15.1. The smallest absolute Gasteiger partial charge is 0.224 e. The van der Waals surface area contributed by atoms with Gasteiger partial charge < -0.3 is 10.2 Å².